The van der Waals surface area contributed by atoms with Crippen LogP contribution >= 0.6 is 0 Å². The molecule has 5 rings (SSSR count). The van der Waals surface area contributed by atoms with Crippen molar-refractivity contribution in [2.24, 2.45) is 0 Å². The van der Waals surface area contributed by atoms with Gasteiger partial charge in [0.15, 0.2) is 5.65 Å². The molecule has 1 amide bonds. The summed E-state index contributed by atoms with van der Waals surface area (Å²) in [6.07, 6.45) is 9.00. The predicted molar refractivity (Wildman–Crippen MR) is 111 cm³/mol. The number of fused-ring (bicyclic) bond motifs is 3. The molecule has 1 N–H and O–H groups in total. The molecular weight excluding hydrogens is 383 g/mol. The molecule has 0 saturated heterocycles. The summed E-state index contributed by atoms with van der Waals surface area (Å²) in [5, 5.41) is 2.80. The highest BCUT2D eigenvalue weighted by Crippen LogP contribution is 2.25. The van der Waals surface area contributed by atoms with E-state index in [1.54, 1.807) is 35.2 Å². The van der Waals surface area contributed by atoms with Crippen molar-refractivity contribution in [2.45, 2.75) is 39.2 Å². The second-order valence-corrected chi connectivity index (χ2v) is 7.56. The fraction of sp³-hybridized carbons (Fsp3) is 0.273. The number of amides is 1. The summed E-state index contributed by atoms with van der Waals surface area (Å²) >= 11 is 0. The predicted octanol–water partition coefficient (Wildman–Crippen LogP) is 4.04. The Kier molecular flexibility index (Phi) is 4.54. The van der Waals surface area contributed by atoms with Crippen LogP contribution in [0.2, 0.25) is 0 Å². The molecule has 3 aromatic heterocycles. The number of rotatable bonds is 3. The number of halogens is 1. The van der Waals surface area contributed by atoms with E-state index < -0.39 is 5.82 Å². The molecule has 0 fully saturated rings. The van der Waals surface area contributed by atoms with Crippen molar-refractivity contribution in [3.63, 3.8) is 0 Å². The Morgan fingerprint density at radius 1 is 1.17 bits per heavy atom. The molecule has 0 aliphatic carbocycles. The van der Waals surface area contributed by atoms with Gasteiger partial charge in [-0.3, -0.25) is 4.79 Å². The molecule has 0 atom stereocenters. The van der Waals surface area contributed by atoms with Gasteiger partial charge >= 0.3 is 0 Å². The molecular formula is C22H21FN6O. The summed E-state index contributed by atoms with van der Waals surface area (Å²) in [7, 11) is 0. The highest BCUT2D eigenvalue weighted by Gasteiger charge is 2.21. The van der Waals surface area contributed by atoms with Crippen LogP contribution in [0.15, 0.2) is 43.0 Å². The lowest BCUT2D eigenvalue weighted by atomic mass is 10.1. The van der Waals surface area contributed by atoms with E-state index in [1.807, 2.05) is 6.92 Å². The van der Waals surface area contributed by atoms with Crippen molar-refractivity contribution in [1.29, 1.82) is 0 Å². The Balaban J connectivity index is 1.49. The number of hydrogen-bond donors (Lipinski definition) is 1. The summed E-state index contributed by atoms with van der Waals surface area (Å²) in [6.45, 7) is 2.73. The molecule has 1 aliphatic rings. The van der Waals surface area contributed by atoms with Gasteiger partial charge in [-0.25, -0.2) is 19.3 Å². The zero-order chi connectivity index (χ0) is 20.7. The standard InChI is InChI=1S/C22H21FN6O/c1-14-11-16(20-21(25-14)29-9-4-2-3-5-19(29)27-20)22(30)26-15-6-7-18(17(23)12-15)28-10-8-24-13-28/h6-8,10-13H,2-5,9H2,1H3,(H,26,30). The summed E-state index contributed by atoms with van der Waals surface area (Å²) in [5.41, 5.74) is 3.30. The molecule has 4 heterocycles. The third kappa shape index (κ3) is 3.24. The molecule has 1 aliphatic heterocycles. The van der Waals surface area contributed by atoms with Crippen LogP contribution in [-0.4, -0.2) is 30.0 Å². The first-order valence-corrected chi connectivity index (χ1v) is 10.1. The van der Waals surface area contributed by atoms with E-state index >= 15 is 0 Å². The maximum Gasteiger partial charge on any atom is 0.258 e. The highest BCUT2D eigenvalue weighted by atomic mass is 19.1. The number of aromatic nitrogens is 5. The molecule has 0 bridgehead atoms. The van der Waals surface area contributed by atoms with E-state index in [0.29, 0.717) is 22.5 Å². The van der Waals surface area contributed by atoms with Crippen LogP contribution in [-0.2, 0) is 13.0 Å². The van der Waals surface area contributed by atoms with Crippen molar-refractivity contribution in [3.8, 4) is 5.69 Å². The minimum absolute atomic E-state index is 0.325. The maximum atomic E-state index is 14.6. The number of benzene rings is 1. The van der Waals surface area contributed by atoms with E-state index in [-0.39, 0.29) is 5.91 Å². The first-order valence-electron chi connectivity index (χ1n) is 10.1. The van der Waals surface area contributed by atoms with Gasteiger partial charge in [-0.15, -0.1) is 0 Å². The van der Waals surface area contributed by atoms with Crippen LogP contribution in [0.5, 0.6) is 0 Å². The largest absolute Gasteiger partial charge is 0.322 e. The SMILES string of the molecule is Cc1cc(C(=O)Nc2ccc(-n3ccnc3)c(F)c2)c2nc3n(c2n1)CCCCC3. The molecule has 1 aromatic carbocycles. The highest BCUT2D eigenvalue weighted by molar-refractivity contribution is 6.11. The summed E-state index contributed by atoms with van der Waals surface area (Å²) in [5.74, 6) is 0.203. The number of carbonyl (C=O) groups excluding carboxylic acids is 1. The molecule has 0 unspecified atom stereocenters. The van der Waals surface area contributed by atoms with Crippen LogP contribution in [0, 0.1) is 12.7 Å². The van der Waals surface area contributed by atoms with Gasteiger partial charge in [0.1, 0.15) is 17.2 Å². The van der Waals surface area contributed by atoms with E-state index in [0.717, 1.165) is 43.0 Å². The molecule has 4 aromatic rings. The minimum atomic E-state index is -0.449. The van der Waals surface area contributed by atoms with Crippen LogP contribution in [0.25, 0.3) is 16.9 Å². The number of aryl methyl sites for hydroxylation is 3. The van der Waals surface area contributed by atoms with E-state index in [2.05, 4.69) is 19.9 Å². The van der Waals surface area contributed by atoms with Crippen LogP contribution < -0.4 is 5.32 Å². The van der Waals surface area contributed by atoms with Crippen LogP contribution in [0.4, 0.5) is 10.1 Å². The Morgan fingerprint density at radius 3 is 2.87 bits per heavy atom. The third-order valence-electron chi connectivity index (χ3n) is 5.43. The lowest BCUT2D eigenvalue weighted by Crippen LogP contribution is -2.14. The van der Waals surface area contributed by atoms with Gasteiger partial charge in [0.2, 0.25) is 0 Å². The molecule has 152 valence electrons. The minimum Gasteiger partial charge on any atom is -0.322 e. The van der Waals surface area contributed by atoms with Gasteiger partial charge in [0.25, 0.3) is 5.91 Å². The second-order valence-electron chi connectivity index (χ2n) is 7.56. The van der Waals surface area contributed by atoms with Crippen molar-refractivity contribution in [3.05, 3.63) is 65.9 Å². The van der Waals surface area contributed by atoms with Gasteiger partial charge in [0, 0.05) is 36.7 Å². The van der Waals surface area contributed by atoms with Crippen molar-refractivity contribution in [2.75, 3.05) is 5.32 Å². The molecule has 0 saturated carbocycles. The van der Waals surface area contributed by atoms with Gasteiger partial charge in [-0.2, -0.15) is 0 Å². The number of anilines is 1. The zero-order valence-electron chi connectivity index (χ0n) is 16.6. The quantitative estimate of drug-likeness (QED) is 0.559. The Hall–Kier alpha value is -3.55. The number of hydrogen-bond acceptors (Lipinski definition) is 4. The number of nitrogens with zero attached hydrogens (tertiary/aromatic N) is 5. The van der Waals surface area contributed by atoms with Gasteiger partial charge < -0.3 is 14.5 Å². The van der Waals surface area contributed by atoms with Gasteiger partial charge in [-0.1, -0.05) is 6.42 Å². The maximum absolute atomic E-state index is 14.6. The Morgan fingerprint density at radius 2 is 2.07 bits per heavy atom. The molecule has 0 radical (unpaired) electrons. The van der Waals surface area contributed by atoms with E-state index in [9.17, 15) is 9.18 Å². The molecule has 30 heavy (non-hydrogen) atoms. The van der Waals surface area contributed by atoms with Crippen molar-refractivity contribution in [1.82, 2.24) is 24.1 Å². The summed E-state index contributed by atoms with van der Waals surface area (Å²) < 4.78 is 18.3. The van der Waals surface area contributed by atoms with E-state index in [1.165, 1.54) is 18.8 Å². The van der Waals surface area contributed by atoms with E-state index in [4.69, 9.17) is 4.98 Å². The van der Waals surface area contributed by atoms with Crippen LogP contribution in [0.3, 0.4) is 0 Å². The normalized spacial score (nSPS) is 13.8. The Bertz CT molecular complexity index is 1240. The smallest absolute Gasteiger partial charge is 0.258 e. The van der Waals surface area contributed by atoms with Crippen LogP contribution in [0.1, 0.15) is 41.1 Å². The number of carbonyl (C=O) groups is 1. The van der Waals surface area contributed by atoms with Gasteiger partial charge in [-0.05, 0) is 44.0 Å². The number of nitrogens with one attached hydrogen (secondary N) is 1. The second kappa shape index (κ2) is 7.37. The van der Waals surface area contributed by atoms with Crippen molar-refractivity contribution < 1.29 is 9.18 Å². The topological polar surface area (TPSA) is 77.6 Å². The summed E-state index contributed by atoms with van der Waals surface area (Å²) in [4.78, 5) is 26.4. The fourth-order valence-electron chi connectivity index (χ4n) is 3.98. The average molecular weight is 404 g/mol. The third-order valence-corrected chi connectivity index (χ3v) is 5.43. The lowest BCUT2D eigenvalue weighted by molar-refractivity contribution is 0.102. The molecule has 8 heteroatoms. The monoisotopic (exact) mass is 404 g/mol. The first-order chi connectivity index (χ1) is 14.6. The summed E-state index contributed by atoms with van der Waals surface area (Å²) in [6, 6.07) is 6.32. The molecule has 7 nitrogen and oxygen atoms in total. The Labute approximate surface area is 172 Å². The molecule has 0 spiro atoms. The van der Waals surface area contributed by atoms with Gasteiger partial charge in [0.05, 0.1) is 17.6 Å². The number of imidazole rings is 2. The van der Waals surface area contributed by atoms with Crippen molar-refractivity contribution >= 4 is 22.8 Å². The fourth-order valence-corrected chi connectivity index (χ4v) is 3.98. The first kappa shape index (κ1) is 18.5. The lowest BCUT2D eigenvalue weighted by Gasteiger charge is -2.10. The number of pyridine rings is 1. The zero-order valence-corrected chi connectivity index (χ0v) is 16.6. The average Bonchev–Trinajstić information content (AvgIpc) is 3.30.